The fourth-order valence-electron chi connectivity index (χ4n) is 1.82. The van der Waals surface area contributed by atoms with Gasteiger partial charge in [0.1, 0.15) is 11.8 Å². The summed E-state index contributed by atoms with van der Waals surface area (Å²) >= 11 is 2.20. The van der Waals surface area contributed by atoms with E-state index < -0.39 is 0 Å². The Morgan fingerprint density at radius 2 is 2.06 bits per heavy atom. The van der Waals surface area contributed by atoms with Crippen molar-refractivity contribution in [3.8, 4) is 6.07 Å². The van der Waals surface area contributed by atoms with Crippen LogP contribution in [0.4, 0.5) is 5.69 Å². The van der Waals surface area contributed by atoms with Crippen molar-refractivity contribution in [3.05, 3.63) is 26.8 Å². The lowest BCUT2D eigenvalue weighted by Gasteiger charge is -2.08. The van der Waals surface area contributed by atoms with E-state index in [9.17, 15) is 0 Å². The molecule has 0 saturated carbocycles. The normalized spacial score (nSPS) is 15.5. The van der Waals surface area contributed by atoms with Crippen LogP contribution in [0.1, 0.15) is 24.0 Å². The van der Waals surface area contributed by atoms with E-state index in [1.54, 1.807) is 0 Å². The van der Waals surface area contributed by atoms with Crippen LogP contribution in [-0.2, 0) is 0 Å². The maximum Gasteiger partial charge on any atom is 0.118 e. The van der Waals surface area contributed by atoms with Gasteiger partial charge in [-0.05, 0) is 60.1 Å². The number of nitrogens with zero attached hydrogens (tertiary/aromatic N) is 4. The van der Waals surface area contributed by atoms with Gasteiger partial charge in [-0.1, -0.05) is 5.22 Å². The number of hydrogen-bond acceptors (Lipinski definition) is 3. The SMILES string of the molecule is Cc1cc(I)c(N=NN2CCCC2)c(C#N)c1. The van der Waals surface area contributed by atoms with Crippen molar-refractivity contribution >= 4 is 28.3 Å². The smallest absolute Gasteiger partial charge is 0.118 e. The van der Waals surface area contributed by atoms with E-state index in [4.69, 9.17) is 5.26 Å². The molecule has 1 heterocycles. The minimum Gasteiger partial charge on any atom is -0.278 e. The number of rotatable bonds is 2. The average molecular weight is 340 g/mol. The molecule has 1 aliphatic heterocycles. The zero-order chi connectivity index (χ0) is 12.3. The van der Waals surface area contributed by atoms with E-state index in [1.165, 1.54) is 12.8 Å². The molecule has 5 heteroatoms. The maximum absolute atomic E-state index is 9.09. The van der Waals surface area contributed by atoms with E-state index in [1.807, 2.05) is 24.1 Å². The lowest BCUT2D eigenvalue weighted by Crippen LogP contribution is -2.09. The predicted molar refractivity (Wildman–Crippen MR) is 73.9 cm³/mol. The third kappa shape index (κ3) is 2.94. The lowest BCUT2D eigenvalue weighted by atomic mass is 10.1. The van der Waals surface area contributed by atoms with Crippen molar-refractivity contribution in [1.82, 2.24) is 5.01 Å². The molecule has 1 saturated heterocycles. The second kappa shape index (κ2) is 5.45. The molecule has 17 heavy (non-hydrogen) atoms. The standard InChI is InChI=1S/C12H13IN4/c1-9-6-10(8-14)12(11(13)7-9)15-16-17-4-2-3-5-17/h6-7H,2-5H2,1H3. The highest BCUT2D eigenvalue weighted by atomic mass is 127. The number of benzene rings is 1. The largest absolute Gasteiger partial charge is 0.278 e. The van der Waals surface area contributed by atoms with Crippen molar-refractivity contribution in [2.24, 2.45) is 10.3 Å². The summed E-state index contributed by atoms with van der Waals surface area (Å²) in [7, 11) is 0. The Labute approximate surface area is 114 Å². The molecule has 0 spiro atoms. The minimum absolute atomic E-state index is 0.595. The van der Waals surface area contributed by atoms with Gasteiger partial charge in [-0.3, -0.25) is 5.01 Å². The molecule has 0 bridgehead atoms. The fraction of sp³-hybridized carbons (Fsp3) is 0.417. The molecule has 1 aromatic carbocycles. The maximum atomic E-state index is 9.09. The Kier molecular flexibility index (Phi) is 3.94. The van der Waals surface area contributed by atoms with Crippen LogP contribution in [0.2, 0.25) is 0 Å². The Balaban J connectivity index is 2.28. The molecule has 88 valence electrons. The molecule has 1 fully saturated rings. The molecule has 4 nitrogen and oxygen atoms in total. The highest BCUT2D eigenvalue weighted by molar-refractivity contribution is 14.1. The number of hydrogen-bond donors (Lipinski definition) is 0. The summed E-state index contributed by atoms with van der Waals surface area (Å²) in [5.74, 6) is 0. The first-order valence-corrected chi connectivity index (χ1v) is 6.65. The first-order chi connectivity index (χ1) is 8.20. The predicted octanol–water partition coefficient (Wildman–Crippen LogP) is 3.57. The van der Waals surface area contributed by atoms with Gasteiger partial charge in [0, 0.05) is 16.7 Å². The molecule has 0 aliphatic carbocycles. The summed E-state index contributed by atoms with van der Waals surface area (Å²) in [6, 6.07) is 6.04. The van der Waals surface area contributed by atoms with Crippen LogP contribution in [0.5, 0.6) is 0 Å². The van der Waals surface area contributed by atoms with Gasteiger partial charge in [-0.15, -0.1) is 5.11 Å². The van der Waals surface area contributed by atoms with Crippen molar-refractivity contribution in [2.45, 2.75) is 19.8 Å². The molecule has 0 radical (unpaired) electrons. The third-order valence-electron chi connectivity index (χ3n) is 2.68. The van der Waals surface area contributed by atoms with Crippen molar-refractivity contribution in [3.63, 3.8) is 0 Å². The van der Waals surface area contributed by atoms with Gasteiger partial charge >= 0.3 is 0 Å². The van der Waals surface area contributed by atoms with Gasteiger partial charge in [0.25, 0.3) is 0 Å². The van der Waals surface area contributed by atoms with E-state index in [0.29, 0.717) is 11.3 Å². The molecule has 1 aromatic rings. The van der Waals surface area contributed by atoms with Gasteiger partial charge in [-0.25, -0.2) is 0 Å². The molecular weight excluding hydrogens is 327 g/mol. The monoisotopic (exact) mass is 340 g/mol. The third-order valence-corrected chi connectivity index (χ3v) is 3.50. The second-order valence-electron chi connectivity index (χ2n) is 4.10. The van der Waals surface area contributed by atoms with Gasteiger partial charge < -0.3 is 0 Å². The number of nitriles is 1. The highest BCUT2D eigenvalue weighted by Gasteiger charge is 2.11. The number of aryl methyl sites for hydroxylation is 1. The Morgan fingerprint density at radius 3 is 2.71 bits per heavy atom. The fourth-order valence-corrected chi connectivity index (χ4v) is 2.71. The Bertz CT molecular complexity index is 484. The molecule has 0 atom stereocenters. The zero-order valence-corrected chi connectivity index (χ0v) is 11.8. The van der Waals surface area contributed by atoms with E-state index >= 15 is 0 Å². The van der Waals surface area contributed by atoms with Crippen molar-refractivity contribution < 1.29 is 0 Å². The van der Waals surface area contributed by atoms with Gasteiger partial charge in [0.05, 0.1) is 5.56 Å². The molecule has 2 rings (SSSR count). The summed E-state index contributed by atoms with van der Waals surface area (Å²) in [5, 5.41) is 19.5. The lowest BCUT2D eigenvalue weighted by molar-refractivity contribution is 0.336. The average Bonchev–Trinajstić information content (AvgIpc) is 2.79. The van der Waals surface area contributed by atoms with Gasteiger partial charge in [0.2, 0.25) is 0 Å². The molecule has 0 unspecified atom stereocenters. The Hall–Kier alpha value is -1.16. The van der Waals surface area contributed by atoms with Crippen molar-refractivity contribution in [2.75, 3.05) is 13.1 Å². The van der Waals surface area contributed by atoms with Crippen LogP contribution in [0.3, 0.4) is 0 Å². The van der Waals surface area contributed by atoms with Crippen LogP contribution in [0.15, 0.2) is 22.5 Å². The van der Waals surface area contributed by atoms with E-state index in [0.717, 1.165) is 22.2 Å². The number of halogens is 1. The van der Waals surface area contributed by atoms with Gasteiger partial charge in [-0.2, -0.15) is 5.26 Å². The quantitative estimate of drug-likeness (QED) is 0.611. The second-order valence-corrected chi connectivity index (χ2v) is 5.27. The molecule has 1 aliphatic rings. The van der Waals surface area contributed by atoms with E-state index in [-0.39, 0.29) is 0 Å². The molecule has 0 N–H and O–H groups in total. The molecule has 0 aromatic heterocycles. The summed E-state index contributed by atoms with van der Waals surface area (Å²) < 4.78 is 0.974. The van der Waals surface area contributed by atoms with Gasteiger partial charge in [0.15, 0.2) is 0 Å². The first kappa shape index (κ1) is 12.3. The highest BCUT2D eigenvalue weighted by Crippen LogP contribution is 2.28. The Morgan fingerprint density at radius 1 is 1.35 bits per heavy atom. The first-order valence-electron chi connectivity index (χ1n) is 5.57. The zero-order valence-electron chi connectivity index (χ0n) is 9.65. The van der Waals surface area contributed by atoms with Crippen LogP contribution < -0.4 is 0 Å². The van der Waals surface area contributed by atoms with Crippen LogP contribution in [0.25, 0.3) is 0 Å². The summed E-state index contributed by atoms with van der Waals surface area (Å²) in [5.41, 5.74) is 2.36. The summed E-state index contributed by atoms with van der Waals surface area (Å²) in [6.07, 6.45) is 2.35. The summed E-state index contributed by atoms with van der Waals surface area (Å²) in [6.45, 7) is 3.91. The van der Waals surface area contributed by atoms with Crippen LogP contribution in [-0.4, -0.2) is 18.1 Å². The minimum atomic E-state index is 0.595. The summed E-state index contributed by atoms with van der Waals surface area (Å²) in [4.78, 5) is 0. The van der Waals surface area contributed by atoms with Crippen LogP contribution >= 0.6 is 22.6 Å². The van der Waals surface area contributed by atoms with E-state index in [2.05, 4.69) is 39.0 Å². The topological polar surface area (TPSA) is 51.8 Å². The molecule has 0 amide bonds. The van der Waals surface area contributed by atoms with Crippen LogP contribution in [0, 0.1) is 21.8 Å². The van der Waals surface area contributed by atoms with Crippen molar-refractivity contribution in [1.29, 1.82) is 5.26 Å². The molecular formula is C12H13IN4.